The molecule has 4 N–H and O–H groups in total. The average Bonchev–Trinajstić information content (AvgIpc) is 2.92. The van der Waals surface area contributed by atoms with Gasteiger partial charge in [0.2, 0.25) is 11.8 Å². The number of halogens is 1. The van der Waals surface area contributed by atoms with E-state index < -0.39 is 29.4 Å². The van der Waals surface area contributed by atoms with E-state index >= 15 is 0 Å². The van der Waals surface area contributed by atoms with Gasteiger partial charge in [0.15, 0.2) is 5.54 Å². The van der Waals surface area contributed by atoms with E-state index in [1.54, 1.807) is 0 Å². The summed E-state index contributed by atoms with van der Waals surface area (Å²) >= 11 is 0. The summed E-state index contributed by atoms with van der Waals surface area (Å²) in [5.74, 6) is -1.48. The molecule has 2 amide bonds. The number of hydrogen-bond donors (Lipinski definition) is 3. The first kappa shape index (κ1) is 20.6. The van der Waals surface area contributed by atoms with Gasteiger partial charge in [-0.1, -0.05) is 13.8 Å². The van der Waals surface area contributed by atoms with Crippen LogP contribution >= 0.6 is 12.4 Å². The van der Waals surface area contributed by atoms with Crippen LogP contribution in [0.1, 0.15) is 20.3 Å². The first-order valence-corrected chi connectivity index (χ1v) is 6.83. The van der Waals surface area contributed by atoms with Crippen molar-refractivity contribution in [3.8, 4) is 0 Å². The summed E-state index contributed by atoms with van der Waals surface area (Å²) in [5, 5.41) is 5.02. The van der Waals surface area contributed by atoms with Crippen molar-refractivity contribution in [1.82, 2.24) is 10.6 Å². The van der Waals surface area contributed by atoms with Gasteiger partial charge in [-0.2, -0.15) is 0 Å². The van der Waals surface area contributed by atoms with Crippen molar-refractivity contribution in [2.24, 2.45) is 11.7 Å². The van der Waals surface area contributed by atoms with Crippen LogP contribution in [0.25, 0.3) is 0 Å². The Morgan fingerprint density at radius 2 is 2.00 bits per heavy atom. The lowest BCUT2D eigenvalue weighted by Gasteiger charge is -2.25. The second kappa shape index (κ2) is 8.92. The van der Waals surface area contributed by atoms with Crippen molar-refractivity contribution in [2.45, 2.75) is 31.8 Å². The molecule has 1 unspecified atom stereocenters. The van der Waals surface area contributed by atoms with Crippen LogP contribution in [0.4, 0.5) is 0 Å². The Balaban J connectivity index is 0.00000441. The van der Waals surface area contributed by atoms with Gasteiger partial charge in [0, 0.05) is 13.0 Å². The third-order valence-electron chi connectivity index (χ3n) is 3.42. The van der Waals surface area contributed by atoms with Gasteiger partial charge in [-0.15, -0.1) is 12.4 Å². The monoisotopic (exact) mass is 337 g/mol. The van der Waals surface area contributed by atoms with Crippen molar-refractivity contribution < 1.29 is 23.9 Å². The number of hydrogen-bond acceptors (Lipinski definition) is 6. The lowest BCUT2D eigenvalue weighted by Crippen LogP contribution is -2.58. The summed E-state index contributed by atoms with van der Waals surface area (Å²) < 4.78 is 9.85. The van der Waals surface area contributed by atoms with Gasteiger partial charge in [0.25, 0.3) is 0 Å². The molecule has 8 nitrogen and oxygen atoms in total. The SMILES string of the molecule is COC(=O)C1(NC(=O)CNC(=O)[C@@H](N)C(C)C)CCOC1.Cl. The lowest BCUT2D eigenvalue weighted by molar-refractivity contribution is -0.150. The standard InChI is InChI=1S/C13H23N3O5.ClH/c1-8(2)10(14)11(18)15-6-9(17)16-13(12(19)20-3)4-5-21-7-13;/h8,10H,4-7,14H2,1-3H3,(H,15,18)(H,16,17);1H/t10-,13?;/m0./s1. The zero-order valence-corrected chi connectivity index (χ0v) is 13.8. The van der Waals surface area contributed by atoms with Crippen LogP contribution in [-0.4, -0.2) is 56.2 Å². The van der Waals surface area contributed by atoms with E-state index in [0.717, 1.165) is 0 Å². The zero-order chi connectivity index (χ0) is 16.0. The zero-order valence-electron chi connectivity index (χ0n) is 13.0. The second-order valence-corrected chi connectivity index (χ2v) is 5.41. The summed E-state index contributed by atoms with van der Waals surface area (Å²) in [7, 11) is 1.25. The molecule has 0 aromatic carbocycles. The van der Waals surface area contributed by atoms with E-state index in [9.17, 15) is 14.4 Å². The van der Waals surface area contributed by atoms with Crippen LogP contribution in [0.3, 0.4) is 0 Å². The van der Waals surface area contributed by atoms with Crippen LogP contribution in [0.2, 0.25) is 0 Å². The van der Waals surface area contributed by atoms with Crippen LogP contribution < -0.4 is 16.4 Å². The van der Waals surface area contributed by atoms with Gasteiger partial charge in [-0.25, -0.2) is 4.79 Å². The minimum atomic E-state index is -1.17. The predicted molar refractivity (Wildman–Crippen MR) is 81.4 cm³/mol. The number of carbonyl (C=O) groups is 3. The highest BCUT2D eigenvalue weighted by Crippen LogP contribution is 2.20. The van der Waals surface area contributed by atoms with Crippen molar-refractivity contribution in [3.05, 3.63) is 0 Å². The number of nitrogens with two attached hydrogens (primary N) is 1. The van der Waals surface area contributed by atoms with E-state index in [1.807, 2.05) is 13.8 Å². The van der Waals surface area contributed by atoms with Crippen LogP contribution in [-0.2, 0) is 23.9 Å². The quantitative estimate of drug-likeness (QED) is 0.532. The summed E-state index contributed by atoms with van der Waals surface area (Å²) in [6.07, 6.45) is 0.338. The molecule has 9 heteroatoms. The molecule has 2 atom stereocenters. The highest BCUT2D eigenvalue weighted by atomic mass is 35.5. The fourth-order valence-corrected chi connectivity index (χ4v) is 1.97. The molecule has 0 radical (unpaired) electrons. The molecule has 1 heterocycles. The number of nitrogens with one attached hydrogen (secondary N) is 2. The molecule has 22 heavy (non-hydrogen) atoms. The average molecular weight is 338 g/mol. The molecule has 0 bridgehead atoms. The maximum atomic E-state index is 11.9. The van der Waals surface area contributed by atoms with Crippen molar-refractivity contribution in [1.29, 1.82) is 0 Å². The molecule has 1 rings (SSSR count). The largest absolute Gasteiger partial charge is 0.467 e. The number of methoxy groups -OCH3 is 1. The molecule has 1 aliphatic rings. The van der Waals surface area contributed by atoms with Gasteiger partial charge >= 0.3 is 5.97 Å². The molecule has 0 aromatic heterocycles. The third kappa shape index (κ3) is 5.11. The Morgan fingerprint density at radius 1 is 1.36 bits per heavy atom. The Bertz CT molecular complexity index is 410. The molecule has 0 aromatic rings. The minimum Gasteiger partial charge on any atom is -0.467 e. The molecule has 128 valence electrons. The van der Waals surface area contributed by atoms with Gasteiger partial charge < -0.3 is 25.8 Å². The highest BCUT2D eigenvalue weighted by molar-refractivity contribution is 5.91. The fourth-order valence-electron chi connectivity index (χ4n) is 1.97. The maximum Gasteiger partial charge on any atom is 0.334 e. The summed E-state index contributed by atoms with van der Waals surface area (Å²) in [5.41, 5.74) is 4.50. The van der Waals surface area contributed by atoms with E-state index in [2.05, 4.69) is 10.6 Å². The molecule has 0 saturated carbocycles. The topological polar surface area (TPSA) is 120 Å². The Labute approximate surface area is 135 Å². The van der Waals surface area contributed by atoms with E-state index in [-0.39, 0.29) is 31.5 Å². The van der Waals surface area contributed by atoms with E-state index in [1.165, 1.54) is 7.11 Å². The lowest BCUT2D eigenvalue weighted by atomic mass is 9.99. The van der Waals surface area contributed by atoms with Gasteiger partial charge in [0.1, 0.15) is 0 Å². The van der Waals surface area contributed by atoms with Crippen LogP contribution in [0.15, 0.2) is 0 Å². The molecule has 1 aliphatic heterocycles. The number of esters is 1. The number of ether oxygens (including phenoxy) is 2. The highest BCUT2D eigenvalue weighted by Gasteiger charge is 2.44. The number of amides is 2. The molecular weight excluding hydrogens is 314 g/mol. The Kier molecular flexibility index (Phi) is 8.36. The number of carbonyl (C=O) groups excluding carboxylic acids is 3. The van der Waals surface area contributed by atoms with E-state index in [4.69, 9.17) is 15.2 Å². The minimum absolute atomic E-state index is 0. The normalized spacial score (nSPS) is 21.7. The summed E-state index contributed by atoms with van der Waals surface area (Å²) in [6, 6.07) is -0.679. The fraction of sp³-hybridized carbons (Fsp3) is 0.769. The third-order valence-corrected chi connectivity index (χ3v) is 3.42. The Hall–Kier alpha value is -1.38. The van der Waals surface area contributed by atoms with Gasteiger partial charge in [-0.05, 0) is 5.92 Å². The van der Waals surface area contributed by atoms with Crippen molar-refractivity contribution >= 4 is 30.2 Å². The molecular formula is C13H24ClN3O5. The van der Waals surface area contributed by atoms with Crippen LogP contribution in [0.5, 0.6) is 0 Å². The molecule has 0 aliphatic carbocycles. The first-order valence-electron chi connectivity index (χ1n) is 6.83. The van der Waals surface area contributed by atoms with Crippen molar-refractivity contribution in [2.75, 3.05) is 26.9 Å². The van der Waals surface area contributed by atoms with Gasteiger partial charge in [-0.3, -0.25) is 9.59 Å². The van der Waals surface area contributed by atoms with E-state index in [0.29, 0.717) is 13.0 Å². The predicted octanol–water partition coefficient (Wildman–Crippen LogP) is -1.04. The smallest absolute Gasteiger partial charge is 0.334 e. The first-order chi connectivity index (χ1) is 9.82. The summed E-state index contributed by atoms with van der Waals surface area (Å²) in [6.45, 7) is 3.79. The summed E-state index contributed by atoms with van der Waals surface area (Å²) in [4.78, 5) is 35.3. The van der Waals surface area contributed by atoms with Crippen molar-refractivity contribution in [3.63, 3.8) is 0 Å². The number of rotatable bonds is 6. The molecule has 1 saturated heterocycles. The molecule has 1 fully saturated rings. The van der Waals surface area contributed by atoms with Crippen LogP contribution in [0, 0.1) is 5.92 Å². The molecule has 0 spiro atoms. The van der Waals surface area contributed by atoms with Gasteiger partial charge in [0.05, 0.1) is 26.3 Å². The Morgan fingerprint density at radius 3 is 2.45 bits per heavy atom. The second-order valence-electron chi connectivity index (χ2n) is 5.41. The maximum absolute atomic E-state index is 11.9.